The third-order valence-electron chi connectivity index (χ3n) is 4.44. The van der Waals surface area contributed by atoms with Gasteiger partial charge in [-0.25, -0.2) is 4.98 Å². The third kappa shape index (κ3) is 6.05. The molecule has 0 amide bonds. The number of methoxy groups -OCH3 is 1. The Bertz CT molecular complexity index is 883. The summed E-state index contributed by atoms with van der Waals surface area (Å²) < 4.78 is 22.9. The normalized spacial score (nSPS) is 13.7. The van der Waals surface area contributed by atoms with E-state index < -0.39 is 0 Å². The predicted molar refractivity (Wildman–Crippen MR) is 117 cm³/mol. The van der Waals surface area contributed by atoms with Crippen LogP contribution in [0.3, 0.4) is 0 Å². The summed E-state index contributed by atoms with van der Waals surface area (Å²) in [5, 5.41) is 0. The molecule has 1 aliphatic rings. The fraction of sp³-hybridized carbons (Fsp3) is 0.458. The second-order valence-electron chi connectivity index (χ2n) is 8.30. The molecule has 3 rings (SSSR count). The highest BCUT2D eigenvalue weighted by Gasteiger charge is 2.15. The first-order chi connectivity index (χ1) is 14.4. The van der Waals surface area contributed by atoms with Gasteiger partial charge in [0.1, 0.15) is 12.0 Å². The van der Waals surface area contributed by atoms with Crippen LogP contribution in [0.2, 0.25) is 0 Å². The van der Waals surface area contributed by atoms with Gasteiger partial charge in [0, 0.05) is 11.8 Å². The van der Waals surface area contributed by atoms with E-state index in [1.807, 2.05) is 36.6 Å². The molecule has 30 heavy (non-hydrogen) atoms. The molecular weight excluding hydrogens is 380 g/mol. The molecule has 162 valence electrons. The maximum absolute atomic E-state index is 5.90. The van der Waals surface area contributed by atoms with Gasteiger partial charge in [-0.15, -0.1) is 0 Å². The van der Waals surface area contributed by atoms with Crippen LogP contribution < -0.4 is 9.47 Å². The van der Waals surface area contributed by atoms with E-state index in [4.69, 9.17) is 18.6 Å². The van der Waals surface area contributed by atoms with Gasteiger partial charge in [-0.3, -0.25) is 0 Å². The number of allylic oxidation sites excluding steroid dienone is 2. The average molecular weight is 413 g/mol. The molecule has 6 heteroatoms. The summed E-state index contributed by atoms with van der Waals surface area (Å²) in [6.45, 7) is 11.2. The van der Waals surface area contributed by atoms with Crippen molar-refractivity contribution in [3.05, 3.63) is 54.3 Å². The zero-order valence-corrected chi connectivity index (χ0v) is 18.6. The molecule has 0 N–H and O–H groups in total. The van der Waals surface area contributed by atoms with Crippen LogP contribution in [-0.4, -0.2) is 36.8 Å². The maximum Gasteiger partial charge on any atom is 0.226 e. The SMILES string of the molecule is COc1ccc(-c2nc(CN3C=CC=C(OCC(C)C)C3)co2)cc1OCC(C)C. The van der Waals surface area contributed by atoms with Gasteiger partial charge in [-0.1, -0.05) is 27.7 Å². The first-order valence-corrected chi connectivity index (χ1v) is 10.4. The minimum absolute atomic E-state index is 0.424. The highest BCUT2D eigenvalue weighted by atomic mass is 16.5. The molecule has 0 atom stereocenters. The Hall–Kier alpha value is -2.89. The Morgan fingerprint density at radius 3 is 2.57 bits per heavy atom. The Balaban J connectivity index is 1.66. The minimum Gasteiger partial charge on any atom is -0.496 e. The van der Waals surface area contributed by atoms with Crippen molar-refractivity contribution in [1.82, 2.24) is 9.88 Å². The Labute approximate surface area is 179 Å². The summed E-state index contributed by atoms with van der Waals surface area (Å²) in [6, 6.07) is 5.72. The molecule has 0 fully saturated rings. The van der Waals surface area contributed by atoms with Crippen LogP contribution in [0.5, 0.6) is 11.5 Å². The van der Waals surface area contributed by atoms with Gasteiger partial charge >= 0.3 is 0 Å². The van der Waals surface area contributed by atoms with E-state index in [2.05, 4.69) is 37.6 Å². The van der Waals surface area contributed by atoms with Gasteiger partial charge in [0.05, 0.1) is 39.1 Å². The molecule has 6 nitrogen and oxygen atoms in total. The Morgan fingerprint density at radius 2 is 1.83 bits per heavy atom. The van der Waals surface area contributed by atoms with Gasteiger partial charge in [0.15, 0.2) is 11.5 Å². The lowest BCUT2D eigenvalue weighted by Gasteiger charge is -2.24. The number of hydrogen-bond acceptors (Lipinski definition) is 6. The summed E-state index contributed by atoms with van der Waals surface area (Å²) in [7, 11) is 1.64. The van der Waals surface area contributed by atoms with E-state index in [0.29, 0.717) is 42.4 Å². The summed E-state index contributed by atoms with van der Waals surface area (Å²) in [6.07, 6.45) is 7.77. The maximum atomic E-state index is 5.90. The molecule has 0 spiro atoms. The smallest absolute Gasteiger partial charge is 0.226 e. The highest BCUT2D eigenvalue weighted by Crippen LogP contribution is 2.32. The molecule has 0 bridgehead atoms. The summed E-state index contributed by atoms with van der Waals surface area (Å²) in [5.74, 6) is 3.85. The van der Waals surface area contributed by atoms with Crippen molar-refractivity contribution in [2.75, 3.05) is 26.9 Å². The van der Waals surface area contributed by atoms with Crippen molar-refractivity contribution in [3.8, 4) is 23.0 Å². The number of hydrogen-bond donors (Lipinski definition) is 0. The molecule has 0 unspecified atom stereocenters. The van der Waals surface area contributed by atoms with E-state index in [-0.39, 0.29) is 0 Å². The van der Waals surface area contributed by atoms with Crippen molar-refractivity contribution < 1.29 is 18.6 Å². The molecule has 0 radical (unpaired) electrons. The largest absolute Gasteiger partial charge is 0.496 e. The van der Waals surface area contributed by atoms with E-state index in [9.17, 15) is 0 Å². The van der Waals surface area contributed by atoms with Crippen molar-refractivity contribution in [2.24, 2.45) is 11.8 Å². The molecule has 1 aromatic carbocycles. The quantitative estimate of drug-likeness (QED) is 0.530. The van der Waals surface area contributed by atoms with Gasteiger partial charge in [0.2, 0.25) is 5.89 Å². The van der Waals surface area contributed by atoms with Crippen LogP contribution in [0.4, 0.5) is 0 Å². The zero-order valence-electron chi connectivity index (χ0n) is 18.6. The zero-order chi connectivity index (χ0) is 21.5. The van der Waals surface area contributed by atoms with Gasteiger partial charge in [-0.2, -0.15) is 0 Å². The van der Waals surface area contributed by atoms with Crippen molar-refractivity contribution in [3.63, 3.8) is 0 Å². The van der Waals surface area contributed by atoms with E-state index >= 15 is 0 Å². The van der Waals surface area contributed by atoms with E-state index in [1.54, 1.807) is 13.4 Å². The third-order valence-corrected chi connectivity index (χ3v) is 4.44. The topological polar surface area (TPSA) is 57.0 Å². The lowest BCUT2D eigenvalue weighted by molar-refractivity contribution is 0.155. The van der Waals surface area contributed by atoms with Crippen LogP contribution >= 0.6 is 0 Å². The van der Waals surface area contributed by atoms with Crippen LogP contribution in [0, 0.1) is 11.8 Å². The highest BCUT2D eigenvalue weighted by molar-refractivity contribution is 5.60. The minimum atomic E-state index is 0.424. The first kappa shape index (κ1) is 21.8. The summed E-state index contributed by atoms with van der Waals surface area (Å²) in [4.78, 5) is 6.82. The fourth-order valence-corrected chi connectivity index (χ4v) is 2.95. The number of benzene rings is 1. The second kappa shape index (κ2) is 10.2. The average Bonchev–Trinajstić information content (AvgIpc) is 3.19. The van der Waals surface area contributed by atoms with E-state index in [1.165, 1.54) is 0 Å². The van der Waals surface area contributed by atoms with Gasteiger partial charge in [0.25, 0.3) is 0 Å². The fourth-order valence-electron chi connectivity index (χ4n) is 2.95. The van der Waals surface area contributed by atoms with Crippen LogP contribution in [0.1, 0.15) is 33.4 Å². The Kier molecular flexibility index (Phi) is 7.44. The standard InChI is InChI=1S/C24H32N2O4/c1-17(2)14-28-21-7-6-10-26(13-21)12-20-16-30-24(25-20)19-8-9-22(27-5)23(11-19)29-15-18(3)4/h6-11,16-18H,12-15H2,1-5H3. The molecule has 0 saturated carbocycles. The number of oxazole rings is 1. The lowest BCUT2D eigenvalue weighted by Crippen LogP contribution is -2.23. The Morgan fingerprint density at radius 1 is 1.07 bits per heavy atom. The monoisotopic (exact) mass is 412 g/mol. The molecular formula is C24H32N2O4. The number of ether oxygens (including phenoxy) is 3. The second-order valence-corrected chi connectivity index (χ2v) is 8.30. The predicted octanol–water partition coefficient (Wildman–Crippen LogP) is 5.27. The van der Waals surface area contributed by atoms with Crippen molar-refractivity contribution >= 4 is 0 Å². The molecule has 0 aliphatic carbocycles. The lowest BCUT2D eigenvalue weighted by atomic mass is 10.2. The number of rotatable bonds is 10. The molecule has 0 saturated heterocycles. The van der Waals surface area contributed by atoms with E-state index in [0.717, 1.165) is 30.2 Å². The summed E-state index contributed by atoms with van der Waals surface area (Å²) >= 11 is 0. The summed E-state index contributed by atoms with van der Waals surface area (Å²) in [5.41, 5.74) is 1.72. The van der Waals surface area contributed by atoms with Gasteiger partial charge in [-0.05, 0) is 42.2 Å². The van der Waals surface area contributed by atoms with Crippen LogP contribution in [0.25, 0.3) is 11.5 Å². The van der Waals surface area contributed by atoms with Crippen LogP contribution in [0.15, 0.2) is 53.0 Å². The van der Waals surface area contributed by atoms with Crippen molar-refractivity contribution in [1.29, 1.82) is 0 Å². The molecule has 1 aliphatic heterocycles. The first-order valence-electron chi connectivity index (χ1n) is 10.4. The number of aromatic nitrogens is 1. The molecule has 2 aromatic rings. The van der Waals surface area contributed by atoms with Crippen molar-refractivity contribution in [2.45, 2.75) is 34.2 Å². The number of nitrogens with zero attached hydrogens (tertiary/aromatic N) is 2. The molecule has 2 heterocycles. The van der Waals surface area contributed by atoms with Crippen LogP contribution in [-0.2, 0) is 11.3 Å². The van der Waals surface area contributed by atoms with Gasteiger partial charge < -0.3 is 23.5 Å². The molecule has 1 aromatic heterocycles.